The van der Waals surface area contributed by atoms with Crippen LogP contribution in [0.3, 0.4) is 0 Å². The minimum absolute atomic E-state index is 0.0907. The Labute approximate surface area is 140 Å². The number of nitrogens with zero attached hydrogens (tertiary/aromatic N) is 1. The molecule has 1 saturated heterocycles. The van der Waals surface area contributed by atoms with Gasteiger partial charge in [0, 0.05) is 24.5 Å². The molecule has 6 nitrogen and oxygen atoms in total. The van der Waals surface area contributed by atoms with Crippen molar-refractivity contribution in [1.29, 1.82) is 0 Å². The summed E-state index contributed by atoms with van der Waals surface area (Å²) in [4.78, 5) is 25.9. The Morgan fingerprint density at radius 3 is 2.62 bits per heavy atom. The molecule has 1 heterocycles. The van der Waals surface area contributed by atoms with E-state index in [4.69, 9.17) is 4.74 Å². The summed E-state index contributed by atoms with van der Waals surface area (Å²) in [6, 6.07) is 14.2. The molecule has 0 saturated carbocycles. The lowest BCUT2D eigenvalue weighted by molar-refractivity contribution is 0.102. The molecule has 0 spiro atoms. The van der Waals surface area contributed by atoms with E-state index in [2.05, 4.69) is 10.6 Å². The van der Waals surface area contributed by atoms with Crippen LogP contribution in [0.2, 0.25) is 0 Å². The number of rotatable bonds is 4. The van der Waals surface area contributed by atoms with Gasteiger partial charge in [0.2, 0.25) is 0 Å². The lowest BCUT2D eigenvalue weighted by Crippen LogP contribution is -2.46. The molecule has 0 unspecified atom stereocenters. The summed E-state index contributed by atoms with van der Waals surface area (Å²) < 4.78 is 5.20. The smallest absolute Gasteiger partial charge is 0.321 e. The average molecular weight is 325 g/mol. The van der Waals surface area contributed by atoms with Gasteiger partial charge in [0.15, 0.2) is 0 Å². The monoisotopic (exact) mass is 325 g/mol. The highest BCUT2D eigenvalue weighted by atomic mass is 16.5. The normalized spacial score (nSPS) is 14.0. The lowest BCUT2D eigenvalue weighted by atomic mass is 10.1. The third-order valence-electron chi connectivity index (χ3n) is 3.87. The molecule has 0 aliphatic carbocycles. The van der Waals surface area contributed by atoms with Crippen LogP contribution >= 0.6 is 0 Å². The molecule has 6 heteroatoms. The zero-order chi connectivity index (χ0) is 16.9. The zero-order valence-electron chi connectivity index (χ0n) is 13.4. The fraction of sp³-hybridized carbons (Fsp3) is 0.222. The van der Waals surface area contributed by atoms with Gasteiger partial charge in [-0.05, 0) is 42.8 Å². The summed E-state index contributed by atoms with van der Waals surface area (Å²) in [5.74, 6) is 0.285. The number of hydrogen-bond donors (Lipinski definition) is 2. The van der Waals surface area contributed by atoms with Gasteiger partial charge in [0.05, 0.1) is 12.7 Å². The van der Waals surface area contributed by atoms with E-state index < -0.39 is 0 Å². The first-order valence-corrected chi connectivity index (χ1v) is 7.79. The van der Waals surface area contributed by atoms with Crippen molar-refractivity contribution >= 4 is 23.3 Å². The first-order chi connectivity index (χ1) is 11.7. The van der Waals surface area contributed by atoms with Crippen LogP contribution in [0.1, 0.15) is 16.8 Å². The van der Waals surface area contributed by atoms with E-state index in [1.165, 1.54) is 7.11 Å². The Balaban J connectivity index is 1.72. The van der Waals surface area contributed by atoms with Crippen LogP contribution in [0.5, 0.6) is 5.75 Å². The van der Waals surface area contributed by atoms with Crippen molar-refractivity contribution in [2.75, 3.05) is 30.4 Å². The van der Waals surface area contributed by atoms with Crippen molar-refractivity contribution in [3.05, 3.63) is 54.1 Å². The number of para-hydroxylation sites is 1. The maximum absolute atomic E-state index is 12.4. The molecule has 3 amide bonds. The molecule has 0 aromatic heterocycles. The molecule has 0 radical (unpaired) electrons. The number of nitrogens with one attached hydrogen (secondary N) is 2. The van der Waals surface area contributed by atoms with Gasteiger partial charge >= 0.3 is 6.03 Å². The number of benzene rings is 2. The van der Waals surface area contributed by atoms with Crippen LogP contribution in [0.15, 0.2) is 48.5 Å². The summed E-state index contributed by atoms with van der Waals surface area (Å²) in [7, 11) is 1.53. The molecular formula is C18H19N3O3. The van der Waals surface area contributed by atoms with Crippen LogP contribution in [-0.4, -0.2) is 32.1 Å². The highest BCUT2D eigenvalue weighted by Crippen LogP contribution is 2.22. The molecule has 3 rings (SSSR count). The Kier molecular flexibility index (Phi) is 4.65. The second-order valence-electron chi connectivity index (χ2n) is 5.44. The van der Waals surface area contributed by atoms with Crippen LogP contribution < -0.4 is 20.3 Å². The second-order valence-corrected chi connectivity index (χ2v) is 5.44. The molecule has 24 heavy (non-hydrogen) atoms. The standard InChI is InChI=1S/C18H19N3O3/c1-24-16-6-3-2-5-15(16)17(22)20-13-7-9-14(10-8-13)21-12-4-11-19-18(21)23/h2-3,5-10H,4,11-12H2,1H3,(H,19,23)(H,20,22). The predicted molar refractivity (Wildman–Crippen MR) is 92.8 cm³/mol. The van der Waals surface area contributed by atoms with Crippen LogP contribution in [0.4, 0.5) is 16.2 Å². The molecule has 0 atom stereocenters. The second kappa shape index (κ2) is 7.04. The largest absolute Gasteiger partial charge is 0.496 e. The maximum atomic E-state index is 12.4. The number of urea groups is 1. The molecule has 1 fully saturated rings. The van der Waals surface area contributed by atoms with Gasteiger partial charge in [-0.15, -0.1) is 0 Å². The van der Waals surface area contributed by atoms with E-state index in [9.17, 15) is 9.59 Å². The van der Waals surface area contributed by atoms with E-state index >= 15 is 0 Å². The highest BCUT2D eigenvalue weighted by molar-refractivity contribution is 6.06. The molecule has 2 aromatic carbocycles. The maximum Gasteiger partial charge on any atom is 0.321 e. The molecule has 1 aliphatic rings. The van der Waals surface area contributed by atoms with Crippen molar-refractivity contribution in [2.45, 2.75) is 6.42 Å². The first-order valence-electron chi connectivity index (χ1n) is 7.79. The average Bonchev–Trinajstić information content (AvgIpc) is 2.63. The molecule has 124 valence electrons. The van der Waals surface area contributed by atoms with Gasteiger partial charge in [0.1, 0.15) is 5.75 Å². The molecule has 2 N–H and O–H groups in total. The Morgan fingerprint density at radius 1 is 1.17 bits per heavy atom. The molecule has 1 aliphatic heterocycles. The first kappa shape index (κ1) is 15.9. The predicted octanol–water partition coefficient (Wildman–Crippen LogP) is 2.87. The van der Waals surface area contributed by atoms with Crippen molar-refractivity contribution in [3.8, 4) is 5.75 Å². The number of methoxy groups -OCH3 is 1. The topological polar surface area (TPSA) is 70.7 Å². The minimum atomic E-state index is -0.240. The fourth-order valence-corrected chi connectivity index (χ4v) is 2.63. The van der Waals surface area contributed by atoms with Gasteiger partial charge in [-0.3, -0.25) is 9.69 Å². The molecule has 0 bridgehead atoms. The fourth-order valence-electron chi connectivity index (χ4n) is 2.63. The summed E-state index contributed by atoms with van der Waals surface area (Å²) in [5.41, 5.74) is 1.94. The van der Waals surface area contributed by atoms with Gasteiger partial charge in [-0.1, -0.05) is 12.1 Å². The van der Waals surface area contributed by atoms with Crippen LogP contribution in [-0.2, 0) is 0 Å². The quantitative estimate of drug-likeness (QED) is 0.908. The number of carbonyl (C=O) groups excluding carboxylic acids is 2. The molecule has 2 aromatic rings. The summed E-state index contributed by atoms with van der Waals surface area (Å²) in [6.07, 6.45) is 0.915. The van der Waals surface area contributed by atoms with E-state index in [-0.39, 0.29) is 11.9 Å². The summed E-state index contributed by atoms with van der Waals surface area (Å²) >= 11 is 0. The third-order valence-corrected chi connectivity index (χ3v) is 3.87. The van der Waals surface area contributed by atoms with E-state index in [0.29, 0.717) is 30.1 Å². The van der Waals surface area contributed by atoms with Crippen LogP contribution in [0, 0.1) is 0 Å². The minimum Gasteiger partial charge on any atom is -0.496 e. The van der Waals surface area contributed by atoms with Crippen molar-refractivity contribution < 1.29 is 14.3 Å². The van der Waals surface area contributed by atoms with Crippen molar-refractivity contribution in [2.24, 2.45) is 0 Å². The number of anilines is 2. The van der Waals surface area contributed by atoms with Gasteiger partial charge < -0.3 is 15.4 Å². The Bertz CT molecular complexity index is 743. The number of carbonyl (C=O) groups is 2. The number of amides is 3. The summed E-state index contributed by atoms with van der Waals surface area (Å²) in [5, 5.41) is 5.65. The highest BCUT2D eigenvalue weighted by Gasteiger charge is 2.19. The summed E-state index contributed by atoms with van der Waals surface area (Å²) in [6.45, 7) is 1.40. The van der Waals surface area contributed by atoms with Gasteiger partial charge in [0.25, 0.3) is 5.91 Å². The van der Waals surface area contributed by atoms with Crippen molar-refractivity contribution in [1.82, 2.24) is 5.32 Å². The van der Waals surface area contributed by atoms with Crippen molar-refractivity contribution in [3.63, 3.8) is 0 Å². The van der Waals surface area contributed by atoms with E-state index in [0.717, 1.165) is 12.1 Å². The Morgan fingerprint density at radius 2 is 1.92 bits per heavy atom. The zero-order valence-corrected chi connectivity index (χ0v) is 13.4. The number of ether oxygens (including phenoxy) is 1. The Hall–Kier alpha value is -3.02. The van der Waals surface area contributed by atoms with Crippen LogP contribution in [0.25, 0.3) is 0 Å². The SMILES string of the molecule is COc1ccccc1C(=O)Nc1ccc(N2CCCNC2=O)cc1. The number of hydrogen-bond acceptors (Lipinski definition) is 3. The van der Waals surface area contributed by atoms with E-state index in [1.807, 2.05) is 18.2 Å². The van der Waals surface area contributed by atoms with E-state index in [1.54, 1.807) is 35.2 Å². The lowest BCUT2D eigenvalue weighted by Gasteiger charge is -2.27. The third kappa shape index (κ3) is 3.32. The van der Waals surface area contributed by atoms with Gasteiger partial charge in [-0.25, -0.2) is 4.79 Å². The molecular weight excluding hydrogens is 306 g/mol. The van der Waals surface area contributed by atoms with Gasteiger partial charge in [-0.2, -0.15) is 0 Å².